The number of imidazole rings is 1. The van der Waals surface area contributed by atoms with E-state index >= 15 is 0 Å². The first-order valence-corrected chi connectivity index (χ1v) is 10.1. The summed E-state index contributed by atoms with van der Waals surface area (Å²) in [5.74, 6) is 1.22. The Labute approximate surface area is 162 Å². The van der Waals surface area contributed by atoms with Crippen LogP contribution in [0.4, 0.5) is 5.82 Å². The maximum Gasteiger partial charge on any atom is 0.165 e. The molecule has 0 aliphatic rings. The highest BCUT2D eigenvalue weighted by atomic mass is 15.3. The molecule has 3 aromatic rings. The predicted molar refractivity (Wildman–Crippen MR) is 113 cm³/mol. The number of hydrogen-bond donors (Lipinski definition) is 0. The van der Waals surface area contributed by atoms with Gasteiger partial charge in [-0.1, -0.05) is 20.8 Å². The van der Waals surface area contributed by atoms with Crippen LogP contribution in [0.1, 0.15) is 56.3 Å². The molecule has 3 heterocycles. The minimum atomic E-state index is 0.907. The van der Waals surface area contributed by atoms with Crippen LogP contribution in [0.3, 0.4) is 0 Å². The van der Waals surface area contributed by atoms with Gasteiger partial charge >= 0.3 is 0 Å². The lowest BCUT2D eigenvalue weighted by atomic mass is 10.0. The van der Waals surface area contributed by atoms with E-state index < -0.39 is 0 Å². The summed E-state index contributed by atoms with van der Waals surface area (Å²) in [5, 5.41) is 0. The second kappa shape index (κ2) is 8.07. The van der Waals surface area contributed by atoms with Crippen LogP contribution in [0.25, 0.3) is 16.9 Å². The molecule has 0 bridgehead atoms. The first-order valence-electron chi connectivity index (χ1n) is 10.1. The van der Waals surface area contributed by atoms with Gasteiger partial charge in [0.05, 0.1) is 5.69 Å². The average Bonchev–Trinajstić information content (AvgIpc) is 3.00. The van der Waals surface area contributed by atoms with Crippen molar-refractivity contribution < 1.29 is 0 Å². The number of hydrogen-bond acceptors (Lipinski definition) is 4. The molecule has 144 valence electrons. The van der Waals surface area contributed by atoms with Crippen LogP contribution in [0, 0.1) is 20.8 Å². The van der Waals surface area contributed by atoms with Crippen LogP contribution >= 0.6 is 0 Å². The van der Waals surface area contributed by atoms with E-state index in [2.05, 4.69) is 55.0 Å². The lowest BCUT2D eigenvalue weighted by Gasteiger charge is -2.24. The summed E-state index contributed by atoms with van der Waals surface area (Å²) >= 11 is 0. The molecule has 3 aromatic heterocycles. The van der Waals surface area contributed by atoms with Gasteiger partial charge in [0.25, 0.3) is 0 Å². The Balaban J connectivity index is 2.27. The van der Waals surface area contributed by atoms with Crippen molar-refractivity contribution >= 4 is 11.5 Å². The summed E-state index contributed by atoms with van der Waals surface area (Å²) in [5.41, 5.74) is 7.34. The van der Waals surface area contributed by atoms with Crippen LogP contribution < -0.4 is 4.90 Å². The quantitative estimate of drug-likeness (QED) is 0.597. The molecule has 0 atom stereocenters. The van der Waals surface area contributed by atoms with Gasteiger partial charge in [0.15, 0.2) is 5.65 Å². The molecule has 3 rings (SSSR count). The number of fused-ring (bicyclic) bond motifs is 1. The Hall–Kier alpha value is -2.43. The fourth-order valence-electron chi connectivity index (χ4n) is 4.01. The predicted octanol–water partition coefficient (Wildman–Crippen LogP) is 4.91. The summed E-state index contributed by atoms with van der Waals surface area (Å²) in [6.07, 6.45) is 7.08. The maximum atomic E-state index is 5.03. The van der Waals surface area contributed by atoms with Crippen molar-refractivity contribution in [1.29, 1.82) is 0 Å². The van der Waals surface area contributed by atoms with Crippen LogP contribution in [0.5, 0.6) is 0 Å². The number of pyridine rings is 1. The fraction of sp³-hybridized carbons (Fsp3) is 0.500. The summed E-state index contributed by atoms with van der Waals surface area (Å²) in [6.45, 7) is 14.9. The Kier molecular flexibility index (Phi) is 5.78. The monoisotopic (exact) mass is 365 g/mol. The summed E-state index contributed by atoms with van der Waals surface area (Å²) in [4.78, 5) is 16.9. The van der Waals surface area contributed by atoms with E-state index in [9.17, 15) is 0 Å². The van der Waals surface area contributed by atoms with E-state index in [4.69, 9.17) is 9.97 Å². The lowest BCUT2D eigenvalue weighted by Crippen LogP contribution is -2.27. The third-order valence-corrected chi connectivity index (χ3v) is 4.97. The van der Waals surface area contributed by atoms with Gasteiger partial charge in [0.2, 0.25) is 0 Å². The molecule has 5 nitrogen and oxygen atoms in total. The number of aryl methyl sites for hydroxylation is 4. The van der Waals surface area contributed by atoms with Gasteiger partial charge in [0, 0.05) is 42.4 Å². The van der Waals surface area contributed by atoms with Crippen molar-refractivity contribution in [1.82, 2.24) is 19.4 Å². The number of rotatable bonds is 7. The number of aromatic nitrogens is 4. The first kappa shape index (κ1) is 19.3. The number of anilines is 1. The lowest BCUT2D eigenvalue weighted by molar-refractivity contribution is 0.725. The molecule has 27 heavy (non-hydrogen) atoms. The van der Waals surface area contributed by atoms with Gasteiger partial charge in [-0.15, -0.1) is 0 Å². The highest BCUT2D eigenvalue weighted by Gasteiger charge is 2.21. The highest BCUT2D eigenvalue weighted by molar-refractivity contribution is 5.79. The van der Waals surface area contributed by atoms with Gasteiger partial charge in [-0.3, -0.25) is 14.4 Å². The van der Waals surface area contributed by atoms with E-state index in [-0.39, 0.29) is 0 Å². The standard InChI is InChI=1S/C22H31N5/c1-7-11-26(12-8-2)22-18(9-3)25-21-20(23-10-13-27(21)22)19-15(4)14-16(5)24-17(19)6/h10,13-14H,7-9,11-12H2,1-6H3. The third kappa shape index (κ3) is 3.55. The molecule has 0 unspecified atom stereocenters. The zero-order valence-electron chi connectivity index (χ0n) is 17.5. The Morgan fingerprint density at radius 1 is 1.00 bits per heavy atom. The minimum absolute atomic E-state index is 0.907. The van der Waals surface area contributed by atoms with E-state index in [1.54, 1.807) is 0 Å². The van der Waals surface area contributed by atoms with Crippen LogP contribution in [-0.2, 0) is 6.42 Å². The van der Waals surface area contributed by atoms with Gasteiger partial charge in [-0.25, -0.2) is 4.98 Å². The SMILES string of the molecule is CCCN(CCC)c1c(CC)nc2c(-c3c(C)cc(C)nc3C)nccn12. The summed E-state index contributed by atoms with van der Waals surface area (Å²) in [6, 6.07) is 2.12. The van der Waals surface area contributed by atoms with E-state index in [0.29, 0.717) is 0 Å². The van der Waals surface area contributed by atoms with E-state index in [0.717, 1.165) is 66.3 Å². The summed E-state index contributed by atoms with van der Waals surface area (Å²) < 4.78 is 2.23. The first-order chi connectivity index (χ1) is 13.0. The Morgan fingerprint density at radius 2 is 1.70 bits per heavy atom. The molecule has 0 aliphatic carbocycles. The van der Waals surface area contributed by atoms with Crippen molar-refractivity contribution in [2.75, 3.05) is 18.0 Å². The molecule has 0 fully saturated rings. The second-order valence-electron chi connectivity index (χ2n) is 7.23. The maximum absolute atomic E-state index is 5.03. The van der Waals surface area contributed by atoms with E-state index in [1.807, 2.05) is 19.3 Å². The fourth-order valence-corrected chi connectivity index (χ4v) is 4.01. The minimum Gasteiger partial charge on any atom is -0.356 e. The Morgan fingerprint density at radius 3 is 2.30 bits per heavy atom. The van der Waals surface area contributed by atoms with Gasteiger partial charge < -0.3 is 4.90 Å². The molecule has 0 saturated carbocycles. The molecule has 0 amide bonds. The molecule has 0 aromatic carbocycles. The average molecular weight is 366 g/mol. The van der Waals surface area contributed by atoms with Gasteiger partial charge in [0.1, 0.15) is 11.5 Å². The molecule has 0 radical (unpaired) electrons. The van der Waals surface area contributed by atoms with Gasteiger partial charge in [-0.2, -0.15) is 0 Å². The molecular formula is C22H31N5. The van der Waals surface area contributed by atoms with E-state index in [1.165, 1.54) is 11.4 Å². The van der Waals surface area contributed by atoms with Crippen LogP contribution in [0.15, 0.2) is 18.5 Å². The zero-order chi connectivity index (χ0) is 19.6. The van der Waals surface area contributed by atoms with Crippen molar-refractivity contribution in [3.8, 4) is 11.3 Å². The zero-order valence-corrected chi connectivity index (χ0v) is 17.5. The van der Waals surface area contributed by atoms with Crippen LogP contribution in [0.2, 0.25) is 0 Å². The third-order valence-electron chi connectivity index (χ3n) is 4.97. The normalized spacial score (nSPS) is 11.3. The van der Waals surface area contributed by atoms with Crippen LogP contribution in [-0.4, -0.2) is 32.4 Å². The van der Waals surface area contributed by atoms with Crippen molar-refractivity contribution in [3.05, 3.63) is 41.1 Å². The van der Waals surface area contributed by atoms with Crippen molar-refractivity contribution in [2.24, 2.45) is 0 Å². The molecule has 0 aliphatic heterocycles. The summed E-state index contributed by atoms with van der Waals surface area (Å²) in [7, 11) is 0. The van der Waals surface area contributed by atoms with Crippen molar-refractivity contribution in [3.63, 3.8) is 0 Å². The highest BCUT2D eigenvalue weighted by Crippen LogP contribution is 2.32. The van der Waals surface area contributed by atoms with Gasteiger partial charge in [-0.05, 0) is 51.7 Å². The topological polar surface area (TPSA) is 46.3 Å². The van der Waals surface area contributed by atoms with Crippen molar-refractivity contribution in [2.45, 2.75) is 60.8 Å². The largest absolute Gasteiger partial charge is 0.356 e. The molecule has 0 saturated heterocycles. The second-order valence-corrected chi connectivity index (χ2v) is 7.23. The molecular weight excluding hydrogens is 334 g/mol. The molecule has 0 N–H and O–H groups in total. The molecule has 0 spiro atoms. The smallest absolute Gasteiger partial charge is 0.165 e. The molecule has 5 heteroatoms. The Bertz CT molecular complexity index is 912. The number of nitrogens with zero attached hydrogens (tertiary/aromatic N) is 5.